The first-order chi connectivity index (χ1) is 6.31. The van der Waals surface area contributed by atoms with Gasteiger partial charge in [-0.25, -0.2) is 4.39 Å². The van der Waals surface area contributed by atoms with Crippen molar-refractivity contribution < 1.29 is 8.81 Å². The maximum Gasteiger partial charge on any atom is 0.169 e. The molecule has 3 heteroatoms. The molecule has 2 rings (SSSR count). The quantitative estimate of drug-likeness (QED) is 0.722. The predicted molar refractivity (Wildman–Crippen MR) is 48.2 cm³/mol. The molecule has 1 fully saturated rings. The van der Waals surface area contributed by atoms with Crippen molar-refractivity contribution in [2.24, 2.45) is 0 Å². The molecule has 0 saturated carbocycles. The highest BCUT2D eigenvalue weighted by Gasteiger charge is 2.34. The second-order valence-corrected chi connectivity index (χ2v) is 3.55. The Labute approximate surface area is 77.1 Å². The van der Waals surface area contributed by atoms with Crippen LogP contribution in [0.4, 0.5) is 4.39 Å². The summed E-state index contributed by atoms with van der Waals surface area (Å²) in [6, 6.07) is 3.47. The van der Waals surface area contributed by atoms with E-state index in [1.54, 1.807) is 12.1 Å². The summed E-state index contributed by atoms with van der Waals surface area (Å²) in [6.07, 6.45) is 3.49. The summed E-state index contributed by atoms with van der Waals surface area (Å²) in [5.74, 6) is 0.483. The van der Waals surface area contributed by atoms with Gasteiger partial charge in [0.15, 0.2) is 5.67 Å². The van der Waals surface area contributed by atoms with E-state index in [2.05, 4.69) is 5.32 Å². The summed E-state index contributed by atoms with van der Waals surface area (Å²) >= 11 is 0. The largest absolute Gasteiger partial charge is 0.466 e. The van der Waals surface area contributed by atoms with Crippen LogP contribution in [-0.4, -0.2) is 13.1 Å². The van der Waals surface area contributed by atoms with Crippen LogP contribution in [0.3, 0.4) is 0 Å². The molecule has 1 aliphatic heterocycles. The second kappa shape index (κ2) is 3.50. The summed E-state index contributed by atoms with van der Waals surface area (Å²) in [4.78, 5) is 0. The molecule has 1 aliphatic rings. The molecular formula is C10H14FNO. The molecule has 0 radical (unpaired) electrons. The monoisotopic (exact) mass is 183 g/mol. The van der Waals surface area contributed by atoms with E-state index in [9.17, 15) is 4.39 Å². The minimum absolute atomic E-state index is 0.483. The van der Waals surface area contributed by atoms with Crippen LogP contribution in [0, 0.1) is 0 Å². The molecule has 0 bridgehead atoms. The van der Waals surface area contributed by atoms with Gasteiger partial charge < -0.3 is 9.73 Å². The van der Waals surface area contributed by atoms with Gasteiger partial charge in [0.25, 0.3) is 0 Å². The average molecular weight is 183 g/mol. The number of hydrogen-bond acceptors (Lipinski definition) is 2. The Bertz CT molecular complexity index is 250. The van der Waals surface area contributed by atoms with E-state index in [1.165, 1.54) is 6.26 Å². The molecule has 1 saturated heterocycles. The van der Waals surface area contributed by atoms with Crippen molar-refractivity contribution in [3.8, 4) is 0 Å². The molecule has 72 valence electrons. The summed E-state index contributed by atoms with van der Waals surface area (Å²) < 4.78 is 19.4. The van der Waals surface area contributed by atoms with Gasteiger partial charge in [0.2, 0.25) is 0 Å². The van der Waals surface area contributed by atoms with E-state index in [0.717, 1.165) is 19.5 Å². The Balaban J connectivity index is 2.17. The van der Waals surface area contributed by atoms with Crippen molar-refractivity contribution in [2.45, 2.75) is 24.9 Å². The van der Waals surface area contributed by atoms with Crippen LogP contribution in [0.1, 0.15) is 25.0 Å². The van der Waals surface area contributed by atoms with Gasteiger partial charge in [0.05, 0.1) is 6.26 Å². The number of alkyl halides is 1. The highest BCUT2D eigenvalue weighted by molar-refractivity contribution is 5.10. The van der Waals surface area contributed by atoms with Gasteiger partial charge in [-0.2, -0.15) is 0 Å². The number of nitrogens with one attached hydrogen (secondary N) is 1. The maximum atomic E-state index is 14.3. The van der Waals surface area contributed by atoms with E-state index in [4.69, 9.17) is 4.42 Å². The van der Waals surface area contributed by atoms with Gasteiger partial charge >= 0.3 is 0 Å². The zero-order valence-corrected chi connectivity index (χ0v) is 7.55. The zero-order chi connectivity index (χ0) is 9.15. The average Bonchev–Trinajstić information content (AvgIpc) is 2.57. The first-order valence-corrected chi connectivity index (χ1v) is 4.75. The normalized spacial score (nSPS) is 29.9. The fourth-order valence-electron chi connectivity index (χ4n) is 1.81. The fourth-order valence-corrected chi connectivity index (χ4v) is 1.81. The van der Waals surface area contributed by atoms with Crippen molar-refractivity contribution in [3.63, 3.8) is 0 Å². The van der Waals surface area contributed by atoms with Crippen molar-refractivity contribution >= 4 is 0 Å². The molecule has 2 nitrogen and oxygen atoms in total. The van der Waals surface area contributed by atoms with Crippen LogP contribution >= 0.6 is 0 Å². The molecular weight excluding hydrogens is 169 g/mol. The summed E-state index contributed by atoms with van der Waals surface area (Å²) in [6.45, 7) is 1.64. The third-order valence-electron chi connectivity index (χ3n) is 2.59. The Kier molecular flexibility index (Phi) is 2.36. The van der Waals surface area contributed by atoms with E-state index in [-0.39, 0.29) is 0 Å². The Hall–Kier alpha value is -0.830. The summed E-state index contributed by atoms with van der Waals surface area (Å²) in [7, 11) is 0. The maximum absolute atomic E-state index is 14.3. The lowest BCUT2D eigenvalue weighted by molar-refractivity contribution is 0.112. The third-order valence-corrected chi connectivity index (χ3v) is 2.59. The number of hydrogen-bond donors (Lipinski definition) is 1. The lowest BCUT2D eigenvalue weighted by atomic mass is 9.94. The van der Waals surface area contributed by atoms with E-state index in [0.29, 0.717) is 18.6 Å². The minimum Gasteiger partial charge on any atom is -0.466 e. The van der Waals surface area contributed by atoms with Crippen molar-refractivity contribution in [1.82, 2.24) is 5.32 Å². The molecule has 1 aromatic rings. The number of furan rings is 1. The highest BCUT2D eigenvalue weighted by atomic mass is 19.1. The Morgan fingerprint density at radius 2 is 2.31 bits per heavy atom. The van der Waals surface area contributed by atoms with Crippen LogP contribution in [0.25, 0.3) is 0 Å². The van der Waals surface area contributed by atoms with E-state index >= 15 is 0 Å². The smallest absolute Gasteiger partial charge is 0.169 e. The number of halogens is 1. The lowest BCUT2D eigenvalue weighted by Crippen LogP contribution is -2.21. The Morgan fingerprint density at radius 3 is 3.08 bits per heavy atom. The van der Waals surface area contributed by atoms with Gasteiger partial charge in [-0.1, -0.05) is 0 Å². The highest BCUT2D eigenvalue weighted by Crippen LogP contribution is 2.35. The van der Waals surface area contributed by atoms with E-state index in [1.807, 2.05) is 0 Å². The minimum atomic E-state index is -1.24. The molecule has 0 amide bonds. The van der Waals surface area contributed by atoms with Crippen LogP contribution in [0.2, 0.25) is 0 Å². The van der Waals surface area contributed by atoms with Gasteiger partial charge in [-0.3, -0.25) is 0 Å². The molecule has 1 aromatic heterocycles. The summed E-state index contributed by atoms with van der Waals surface area (Å²) in [5, 5.41) is 3.18. The molecule has 0 aliphatic carbocycles. The molecule has 1 unspecified atom stereocenters. The fraction of sp³-hybridized carbons (Fsp3) is 0.600. The van der Waals surface area contributed by atoms with Crippen LogP contribution in [-0.2, 0) is 5.67 Å². The number of rotatable bonds is 1. The molecule has 0 spiro atoms. The van der Waals surface area contributed by atoms with Gasteiger partial charge in [-0.05, 0) is 38.1 Å². The predicted octanol–water partition coefficient (Wildman–Crippen LogP) is 2.22. The van der Waals surface area contributed by atoms with Crippen LogP contribution < -0.4 is 5.32 Å². The van der Waals surface area contributed by atoms with Crippen molar-refractivity contribution in [1.29, 1.82) is 0 Å². The van der Waals surface area contributed by atoms with Crippen LogP contribution in [0.15, 0.2) is 22.8 Å². The Morgan fingerprint density at radius 1 is 1.38 bits per heavy atom. The molecule has 1 N–H and O–H groups in total. The van der Waals surface area contributed by atoms with Crippen LogP contribution in [0.5, 0.6) is 0 Å². The van der Waals surface area contributed by atoms with E-state index < -0.39 is 5.67 Å². The lowest BCUT2D eigenvalue weighted by Gasteiger charge is -2.20. The molecule has 0 aromatic carbocycles. The van der Waals surface area contributed by atoms with Gasteiger partial charge in [0.1, 0.15) is 5.76 Å². The topological polar surface area (TPSA) is 25.2 Å². The molecule has 1 atom stereocenters. The SMILES string of the molecule is FC1(c2ccco2)CCCNCC1. The standard InChI is InChI=1S/C10H14FNO/c11-10(9-3-1-8-13-9)4-2-6-12-7-5-10/h1,3,8,12H,2,4-7H2. The zero-order valence-electron chi connectivity index (χ0n) is 7.55. The molecule has 2 heterocycles. The summed E-state index contributed by atoms with van der Waals surface area (Å²) in [5.41, 5.74) is -1.24. The van der Waals surface area contributed by atoms with Gasteiger partial charge in [-0.15, -0.1) is 0 Å². The first kappa shape index (κ1) is 8.75. The second-order valence-electron chi connectivity index (χ2n) is 3.55. The van der Waals surface area contributed by atoms with Gasteiger partial charge in [0, 0.05) is 6.42 Å². The first-order valence-electron chi connectivity index (χ1n) is 4.75. The van der Waals surface area contributed by atoms with Crippen molar-refractivity contribution in [3.05, 3.63) is 24.2 Å². The molecule has 13 heavy (non-hydrogen) atoms. The third kappa shape index (κ3) is 1.75. The van der Waals surface area contributed by atoms with Crippen molar-refractivity contribution in [2.75, 3.05) is 13.1 Å².